The maximum Gasteiger partial charge on any atom is 0.255 e. The van der Waals surface area contributed by atoms with E-state index in [9.17, 15) is 4.79 Å². The molecule has 0 saturated carbocycles. The summed E-state index contributed by atoms with van der Waals surface area (Å²) in [7, 11) is 0. The SMILES string of the molecule is Cc1ccc(C(=O)N2C[C@@H]3OCCN(CCN4CCCC4)[C@@H]3C2)cn1. The molecular formula is C19H28N4O2. The Balaban J connectivity index is 1.38. The van der Waals surface area contributed by atoms with E-state index in [2.05, 4.69) is 14.8 Å². The molecule has 4 rings (SSSR count). The van der Waals surface area contributed by atoms with E-state index >= 15 is 0 Å². The van der Waals surface area contributed by atoms with Crippen LogP contribution in [0.3, 0.4) is 0 Å². The van der Waals surface area contributed by atoms with Crippen molar-refractivity contribution in [2.45, 2.75) is 31.9 Å². The largest absolute Gasteiger partial charge is 0.373 e. The molecule has 3 fully saturated rings. The summed E-state index contributed by atoms with van der Waals surface area (Å²) in [6.45, 7) is 9.84. The highest BCUT2D eigenvalue weighted by molar-refractivity contribution is 5.94. The van der Waals surface area contributed by atoms with Crippen LogP contribution in [0.4, 0.5) is 0 Å². The van der Waals surface area contributed by atoms with Gasteiger partial charge in [-0.25, -0.2) is 0 Å². The minimum Gasteiger partial charge on any atom is -0.373 e. The number of fused-ring (bicyclic) bond motifs is 1. The number of aryl methyl sites for hydroxylation is 1. The van der Waals surface area contributed by atoms with Crippen LogP contribution in [0.2, 0.25) is 0 Å². The van der Waals surface area contributed by atoms with Crippen molar-refractivity contribution in [2.75, 3.05) is 52.4 Å². The van der Waals surface area contributed by atoms with Crippen molar-refractivity contribution in [2.24, 2.45) is 0 Å². The maximum absolute atomic E-state index is 12.8. The molecule has 0 spiro atoms. The molecule has 3 aliphatic heterocycles. The van der Waals surface area contributed by atoms with Crippen molar-refractivity contribution in [1.29, 1.82) is 0 Å². The fourth-order valence-electron chi connectivity index (χ4n) is 4.25. The lowest BCUT2D eigenvalue weighted by Crippen LogP contribution is -2.52. The number of hydrogen-bond donors (Lipinski definition) is 0. The van der Waals surface area contributed by atoms with Crippen LogP contribution < -0.4 is 0 Å². The molecule has 0 unspecified atom stereocenters. The molecule has 25 heavy (non-hydrogen) atoms. The van der Waals surface area contributed by atoms with Gasteiger partial charge in [0.1, 0.15) is 0 Å². The van der Waals surface area contributed by atoms with Crippen LogP contribution >= 0.6 is 0 Å². The fraction of sp³-hybridized carbons (Fsp3) is 0.684. The molecule has 6 nitrogen and oxygen atoms in total. The molecule has 6 heteroatoms. The van der Waals surface area contributed by atoms with E-state index in [0.717, 1.165) is 38.5 Å². The third kappa shape index (κ3) is 3.71. The number of likely N-dealkylation sites (tertiary alicyclic amines) is 2. The number of pyridine rings is 1. The topological polar surface area (TPSA) is 48.9 Å². The highest BCUT2D eigenvalue weighted by Gasteiger charge is 2.41. The summed E-state index contributed by atoms with van der Waals surface area (Å²) in [6.07, 6.45) is 4.50. The number of carbonyl (C=O) groups is 1. The van der Waals surface area contributed by atoms with Gasteiger partial charge >= 0.3 is 0 Å². The van der Waals surface area contributed by atoms with Gasteiger partial charge in [0.25, 0.3) is 5.91 Å². The third-order valence-corrected chi connectivity index (χ3v) is 5.76. The zero-order valence-electron chi connectivity index (χ0n) is 15.1. The summed E-state index contributed by atoms with van der Waals surface area (Å²) < 4.78 is 5.97. The number of amides is 1. The Labute approximate surface area is 149 Å². The zero-order chi connectivity index (χ0) is 17.2. The minimum atomic E-state index is 0.0741. The second-order valence-corrected chi connectivity index (χ2v) is 7.46. The molecule has 0 radical (unpaired) electrons. The van der Waals surface area contributed by atoms with Gasteiger partial charge < -0.3 is 14.5 Å². The Hall–Kier alpha value is -1.50. The normalized spacial score (nSPS) is 27.6. The Morgan fingerprint density at radius 2 is 2.04 bits per heavy atom. The average Bonchev–Trinajstić information content (AvgIpc) is 3.29. The van der Waals surface area contributed by atoms with Crippen molar-refractivity contribution < 1.29 is 9.53 Å². The number of aromatic nitrogens is 1. The highest BCUT2D eigenvalue weighted by atomic mass is 16.5. The van der Waals surface area contributed by atoms with Gasteiger partial charge in [-0.05, 0) is 45.0 Å². The van der Waals surface area contributed by atoms with Gasteiger partial charge in [-0.3, -0.25) is 14.7 Å². The molecule has 0 N–H and O–H groups in total. The van der Waals surface area contributed by atoms with Crippen LogP contribution in [0, 0.1) is 6.92 Å². The van der Waals surface area contributed by atoms with Crippen LogP contribution in [0.25, 0.3) is 0 Å². The van der Waals surface area contributed by atoms with Crippen LogP contribution in [0.1, 0.15) is 28.9 Å². The second-order valence-electron chi connectivity index (χ2n) is 7.46. The van der Waals surface area contributed by atoms with Crippen molar-refractivity contribution in [1.82, 2.24) is 19.7 Å². The first-order valence-corrected chi connectivity index (χ1v) is 9.50. The fourth-order valence-corrected chi connectivity index (χ4v) is 4.25. The average molecular weight is 344 g/mol. The van der Waals surface area contributed by atoms with Gasteiger partial charge in [-0.1, -0.05) is 0 Å². The summed E-state index contributed by atoms with van der Waals surface area (Å²) >= 11 is 0. The molecule has 1 amide bonds. The summed E-state index contributed by atoms with van der Waals surface area (Å²) in [6, 6.07) is 4.10. The van der Waals surface area contributed by atoms with E-state index in [0.29, 0.717) is 18.2 Å². The lowest BCUT2D eigenvalue weighted by Gasteiger charge is -2.37. The minimum absolute atomic E-state index is 0.0741. The lowest BCUT2D eigenvalue weighted by molar-refractivity contribution is -0.0487. The predicted molar refractivity (Wildman–Crippen MR) is 95.7 cm³/mol. The smallest absolute Gasteiger partial charge is 0.255 e. The van der Waals surface area contributed by atoms with Gasteiger partial charge in [0.05, 0.1) is 24.3 Å². The molecule has 0 aromatic carbocycles. The number of hydrogen-bond acceptors (Lipinski definition) is 5. The number of carbonyl (C=O) groups excluding carboxylic acids is 1. The molecule has 1 aromatic rings. The quantitative estimate of drug-likeness (QED) is 0.816. The zero-order valence-corrected chi connectivity index (χ0v) is 15.1. The molecule has 0 aliphatic carbocycles. The summed E-state index contributed by atoms with van der Waals surface area (Å²) in [5.74, 6) is 0.0741. The first-order valence-electron chi connectivity index (χ1n) is 9.50. The Morgan fingerprint density at radius 3 is 2.80 bits per heavy atom. The number of morpholine rings is 1. The van der Waals surface area contributed by atoms with Gasteiger partial charge in [-0.2, -0.15) is 0 Å². The molecule has 0 bridgehead atoms. The molecular weight excluding hydrogens is 316 g/mol. The monoisotopic (exact) mass is 344 g/mol. The first kappa shape index (κ1) is 16.9. The van der Waals surface area contributed by atoms with Crippen molar-refractivity contribution >= 4 is 5.91 Å². The van der Waals surface area contributed by atoms with Gasteiger partial charge in [-0.15, -0.1) is 0 Å². The summed E-state index contributed by atoms with van der Waals surface area (Å²) in [4.78, 5) is 24.1. The van der Waals surface area contributed by atoms with Crippen LogP contribution in [0.15, 0.2) is 18.3 Å². The van der Waals surface area contributed by atoms with Gasteiger partial charge in [0.15, 0.2) is 0 Å². The standard InChI is InChI=1S/C19H28N4O2/c1-15-4-5-16(12-20-15)19(24)23-13-17-18(14-23)25-11-10-22(17)9-8-21-6-2-3-7-21/h4-5,12,17-18H,2-3,6-11,13-14H2,1H3/t17-,18+/m1/s1. The van der Waals surface area contributed by atoms with E-state index in [4.69, 9.17) is 4.74 Å². The van der Waals surface area contributed by atoms with E-state index in [-0.39, 0.29) is 12.0 Å². The third-order valence-electron chi connectivity index (χ3n) is 5.76. The number of ether oxygens (including phenoxy) is 1. The highest BCUT2D eigenvalue weighted by Crippen LogP contribution is 2.24. The van der Waals surface area contributed by atoms with E-state index < -0.39 is 0 Å². The van der Waals surface area contributed by atoms with Crippen LogP contribution in [-0.4, -0.2) is 90.2 Å². The van der Waals surface area contributed by atoms with Crippen molar-refractivity contribution in [3.63, 3.8) is 0 Å². The van der Waals surface area contributed by atoms with Gasteiger partial charge in [0.2, 0.25) is 0 Å². The summed E-state index contributed by atoms with van der Waals surface area (Å²) in [5, 5.41) is 0. The molecule has 136 valence electrons. The second kappa shape index (κ2) is 7.40. The van der Waals surface area contributed by atoms with Crippen LogP contribution in [0.5, 0.6) is 0 Å². The number of nitrogens with zero attached hydrogens (tertiary/aromatic N) is 4. The Bertz CT molecular complexity index is 600. The molecule has 1 aromatic heterocycles. The van der Waals surface area contributed by atoms with Gasteiger partial charge in [0, 0.05) is 44.6 Å². The Morgan fingerprint density at radius 1 is 1.20 bits per heavy atom. The number of rotatable bonds is 4. The Kier molecular flexibility index (Phi) is 5.01. The van der Waals surface area contributed by atoms with Crippen molar-refractivity contribution in [3.05, 3.63) is 29.6 Å². The van der Waals surface area contributed by atoms with E-state index in [1.54, 1.807) is 6.20 Å². The lowest BCUT2D eigenvalue weighted by atomic mass is 10.1. The van der Waals surface area contributed by atoms with E-state index in [1.165, 1.54) is 25.9 Å². The summed E-state index contributed by atoms with van der Waals surface area (Å²) in [5.41, 5.74) is 1.61. The molecule has 2 atom stereocenters. The first-order chi connectivity index (χ1) is 12.2. The molecule has 3 aliphatic rings. The van der Waals surface area contributed by atoms with Crippen LogP contribution in [-0.2, 0) is 4.74 Å². The molecule has 4 heterocycles. The maximum atomic E-state index is 12.8. The predicted octanol–water partition coefficient (Wildman–Crippen LogP) is 1.01. The van der Waals surface area contributed by atoms with E-state index in [1.807, 2.05) is 24.0 Å². The molecule has 3 saturated heterocycles. The van der Waals surface area contributed by atoms with Crippen molar-refractivity contribution in [3.8, 4) is 0 Å².